The van der Waals surface area contributed by atoms with Crippen molar-refractivity contribution in [1.29, 1.82) is 0 Å². The predicted octanol–water partition coefficient (Wildman–Crippen LogP) is 1.50. The van der Waals surface area contributed by atoms with E-state index in [1.807, 2.05) is 44.4 Å². The summed E-state index contributed by atoms with van der Waals surface area (Å²) in [6, 6.07) is 3.66. The van der Waals surface area contributed by atoms with Gasteiger partial charge in [-0.05, 0) is 55.4 Å². The minimum atomic E-state index is -1.20. The monoisotopic (exact) mass is 576 g/mol. The first-order chi connectivity index (χ1) is 19.1. The Hall–Kier alpha value is -3.09. The molecule has 9 N–H and O–H groups in total. The summed E-state index contributed by atoms with van der Waals surface area (Å²) in [6.45, 7) is 4.25. The number of aromatic nitrogens is 1. The van der Waals surface area contributed by atoms with Gasteiger partial charge in [-0.2, -0.15) is 11.8 Å². The van der Waals surface area contributed by atoms with Crippen molar-refractivity contribution in [2.45, 2.75) is 76.5 Å². The number of aliphatic carboxylic acids is 1. The minimum Gasteiger partial charge on any atom is -0.480 e. The quantitative estimate of drug-likeness (QED) is 0.130. The predicted molar refractivity (Wildman–Crippen MR) is 159 cm³/mol. The maximum atomic E-state index is 13.4. The van der Waals surface area contributed by atoms with Crippen LogP contribution in [-0.2, 0) is 25.6 Å². The molecule has 1 heterocycles. The molecule has 12 heteroatoms. The summed E-state index contributed by atoms with van der Waals surface area (Å²) in [4.78, 5) is 54.6. The summed E-state index contributed by atoms with van der Waals surface area (Å²) in [5.74, 6) is -2.39. The number of H-pyrrole nitrogens is 1. The van der Waals surface area contributed by atoms with Crippen molar-refractivity contribution in [2.24, 2.45) is 17.4 Å². The molecule has 2 rings (SSSR count). The van der Waals surface area contributed by atoms with Crippen LogP contribution in [0.15, 0.2) is 30.5 Å². The molecule has 11 nitrogen and oxygen atoms in total. The second-order valence-electron chi connectivity index (χ2n) is 10.1. The van der Waals surface area contributed by atoms with Crippen molar-refractivity contribution in [3.63, 3.8) is 0 Å². The topological polar surface area (TPSA) is 192 Å². The average molecular weight is 577 g/mol. The number of hydrogen-bond donors (Lipinski definition) is 7. The Morgan fingerprint density at radius 3 is 2.35 bits per heavy atom. The van der Waals surface area contributed by atoms with E-state index in [-0.39, 0.29) is 18.8 Å². The molecule has 5 unspecified atom stereocenters. The lowest BCUT2D eigenvalue weighted by Gasteiger charge is -2.28. The summed E-state index contributed by atoms with van der Waals surface area (Å²) < 4.78 is 0. The van der Waals surface area contributed by atoms with E-state index in [4.69, 9.17) is 11.5 Å². The number of para-hydroxylation sites is 1. The highest BCUT2D eigenvalue weighted by Crippen LogP contribution is 2.19. The molecule has 1 aromatic carbocycles. The van der Waals surface area contributed by atoms with Gasteiger partial charge >= 0.3 is 5.97 Å². The normalized spacial score (nSPS) is 15.0. The number of carbonyl (C=O) groups is 4. The lowest BCUT2D eigenvalue weighted by atomic mass is 9.97. The molecular weight excluding hydrogens is 532 g/mol. The van der Waals surface area contributed by atoms with Crippen molar-refractivity contribution >= 4 is 46.4 Å². The maximum absolute atomic E-state index is 13.4. The van der Waals surface area contributed by atoms with Gasteiger partial charge in [-0.25, -0.2) is 4.79 Å². The van der Waals surface area contributed by atoms with Crippen LogP contribution in [0.3, 0.4) is 0 Å². The van der Waals surface area contributed by atoms with Gasteiger partial charge in [-0.15, -0.1) is 0 Å². The number of aromatic amines is 1. The highest BCUT2D eigenvalue weighted by atomic mass is 32.2. The highest BCUT2D eigenvalue weighted by molar-refractivity contribution is 7.98. The molecule has 0 fully saturated rings. The highest BCUT2D eigenvalue weighted by Gasteiger charge is 2.32. The van der Waals surface area contributed by atoms with Crippen molar-refractivity contribution in [1.82, 2.24) is 20.9 Å². The van der Waals surface area contributed by atoms with Crippen LogP contribution in [-0.4, -0.2) is 76.5 Å². The van der Waals surface area contributed by atoms with Gasteiger partial charge in [0, 0.05) is 23.5 Å². The zero-order chi connectivity index (χ0) is 29.7. The molecular formula is C28H44N6O5S. The second kappa shape index (κ2) is 16.9. The first-order valence-corrected chi connectivity index (χ1v) is 15.2. The van der Waals surface area contributed by atoms with Crippen molar-refractivity contribution < 1.29 is 24.3 Å². The SMILES string of the molecule is CCC(C)C(NC(=O)C(N)CCCCN)C(=O)NC(CCSC)C(=O)NC(Cc1c[nH]c2ccccc12)C(=O)O. The number of nitrogens with two attached hydrogens (primary N) is 2. The minimum absolute atomic E-state index is 0.0713. The number of hydrogen-bond acceptors (Lipinski definition) is 7. The van der Waals surface area contributed by atoms with E-state index < -0.39 is 47.9 Å². The van der Waals surface area contributed by atoms with Crippen LogP contribution in [0.5, 0.6) is 0 Å². The van der Waals surface area contributed by atoms with E-state index in [0.717, 1.165) is 22.9 Å². The van der Waals surface area contributed by atoms with E-state index in [9.17, 15) is 24.3 Å². The van der Waals surface area contributed by atoms with Gasteiger partial charge < -0.3 is 37.5 Å². The van der Waals surface area contributed by atoms with Crippen LogP contribution in [0, 0.1) is 5.92 Å². The summed E-state index contributed by atoms with van der Waals surface area (Å²) >= 11 is 1.50. The fraction of sp³-hybridized carbons (Fsp3) is 0.571. The molecule has 222 valence electrons. The molecule has 0 aliphatic rings. The zero-order valence-corrected chi connectivity index (χ0v) is 24.4. The number of fused-ring (bicyclic) bond motifs is 1. The number of unbranched alkanes of at least 4 members (excludes halogenated alkanes) is 1. The Balaban J connectivity index is 2.14. The number of carbonyl (C=O) groups excluding carboxylic acids is 3. The molecule has 0 aliphatic carbocycles. The van der Waals surface area contributed by atoms with E-state index in [2.05, 4.69) is 20.9 Å². The summed E-state index contributed by atoms with van der Waals surface area (Å²) in [5.41, 5.74) is 13.2. The Labute approximate surface area is 240 Å². The van der Waals surface area contributed by atoms with Crippen LogP contribution < -0.4 is 27.4 Å². The summed E-state index contributed by atoms with van der Waals surface area (Å²) in [7, 11) is 0. The van der Waals surface area contributed by atoms with Crippen molar-refractivity contribution in [3.05, 3.63) is 36.0 Å². The average Bonchev–Trinajstić information content (AvgIpc) is 3.35. The van der Waals surface area contributed by atoms with Gasteiger partial charge in [0.15, 0.2) is 0 Å². The largest absolute Gasteiger partial charge is 0.480 e. The molecule has 40 heavy (non-hydrogen) atoms. The van der Waals surface area contributed by atoms with E-state index in [1.54, 1.807) is 6.20 Å². The smallest absolute Gasteiger partial charge is 0.326 e. The Morgan fingerprint density at radius 2 is 1.70 bits per heavy atom. The first kappa shape index (κ1) is 33.1. The van der Waals surface area contributed by atoms with E-state index >= 15 is 0 Å². The maximum Gasteiger partial charge on any atom is 0.326 e. The van der Waals surface area contributed by atoms with Gasteiger partial charge in [-0.1, -0.05) is 44.9 Å². The fourth-order valence-electron chi connectivity index (χ4n) is 4.36. The molecule has 5 atom stereocenters. The van der Waals surface area contributed by atoms with Crippen LogP contribution in [0.4, 0.5) is 0 Å². The Morgan fingerprint density at radius 1 is 1.00 bits per heavy atom. The Bertz CT molecular complexity index is 1130. The molecule has 0 saturated carbocycles. The second-order valence-corrected chi connectivity index (χ2v) is 11.1. The lowest BCUT2D eigenvalue weighted by Crippen LogP contribution is -2.58. The fourth-order valence-corrected chi connectivity index (χ4v) is 4.83. The Kier molecular flexibility index (Phi) is 14.0. The number of amides is 3. The molecule has 0 radical (unpaired) electrons. The van der Waals surface area contributed by atoms with Crippen molar-refractivity contribution in [2.75, 3.05) is 18.6 Å². The van der Waals surface area contributed by atoms with Gasteiger partial charge in [0.1, 0.15) is 18.1 Å². The van der Waals surface area contributed by atoms with E-state index in [1.165, 1.54) is 11.8 Å². The van der Waals surface area contributed by atoms with Crippen LogP contribution in [0.25, 0.3) is 10.9 Å². The molecule has 2 aromatic rings. The zero-order valence-electron chi connectivity index (χ0n) is 23.6. The molecule has 0 spiro atoms. The number of benzene rings is 1. The lowest BCUT2D eigenvalue weighted by molar-refractivity contribution is -0.142. The molecule has 0 aliphatic heterocycles. The number of rotatable bonds is 18. The number of nitrogens with one attached hydrogen (secondary N) is 4. The third kappa shape index (κ3) is 9.83. The van der Waals surface area contributed by atoms with Gasteiger partial charge in [0.2, 0.25) is 17.7 Å². The molecule has 3 amide bonds. The van der Waals surface area contributed by atoms with Crippen LogP contribution in [0.2, 0.25) is 0 Å². The van der Waals surface area contributed by atoms with Gasteiger partial charge in [-0.3, -0.25) is 14.4 Å². The molecule has 0 saturated heterocycles. The third-order valence-corrected chi connectivity index (χ3v) is 7.70. The summed E-state index contributed by atoms with van der Waals surface area (Å²) in [5, 5.41) is 18.9. The summed E-state index contributed by atoms with van der Waals surface area (Å²) in [6.07, 6.45) is 6.48. The first-order valence-electron chi connectivity index (χ1n) is 13.8. The van der Waals surface area contributed by atoms with Crippen LogP contribution >= 0.6 is 11.8 Å². The van der Waals surface area contributed by atoms with Gasteiger partial charge in [0.25, 0.3) is 0 Å². The van der Waals surface area contributed by atoms with Crippen molar-refractivity contribution in [3.8, 4) is 0 Å². The number of carboxylic acids is 1. The van der Waals surface area contributed by atoms with Gasteiger partial charge in [0.05, 0.1) is 6.04 Å². The van der Waals surface area contributed by atoms with E-state index in [0.29, 0.717) is 31.6 Å². The molecule has 0 bridgehead atoms. The number of thioether (sulfide) groups is 1. The van der Waals surface area contributed by atoms with Crippen LogP contribution in [0.1, 0.15) is 51.5 Å². The standard InChI is InChI=1S/C28H44N6O5S/c1-4-17(2)24(34-25(35)20(30)10-7-8-13-29)27(37)32-22(12-14-40-3)26(36)33-23(28(38)39)15-18-16-31-21-11-6-5-9-19(18)21/h5-6,9,11,16-17,20,22-24,31H,4,7-8,10,12-15,29-30H2,1-3H3,(H,32,37)(H,33,36)(H,34,35)(H,38,39). The molecule has 1 aromatic heterocycles. The number of carboxylic acid groups (broad SMARTS) is 1. The third-order valence-electron chi connectivity index (χ3n) is 7.06.